The number of fused-ring (bicyclic) bond motifs is 1. The number of amides is 1. The summed E-state index contributed by atoms with van der Waals surface area (Å²) in [7, 11) is 4.53. The molecule has 0 spiro atoms. The first-order valence-corrected chi connectivity index (χ1v) is 7.62. The summed E-state index contributed by atoms with van der Waals surface area (Å²) in [5.41, 5.74) is 0.726. The molecule has 0 bridgehead atoms. The van der Waals surface area contributed by atoms with Crippen LogP contribution in [0.4, 0.5) is 0 Å². The number of carbonyl (C=O) groups excluding carboxylic acids is 1. The van der Waals surface area contributed by atoms with Gasteiger partial charge in [-0.2, -0.15) is 0 Å². The van der Waals surface area contributed by atoms with Gasteiger partial charge in [0.25, 0.3) is 11.5 Å². The smallest absolute Gasteiger partial charge is 0.330 e. The van der Waals surface area contributed by atoms with Crippen molar-refractivity contribution in [3.05, 3.63) is 62.6 Å². The highest BCUT2D eigenvalue weighted by Crippen LogP contribution is 2.25. The van der Waals surface area contributed by atoms with E-state index in [2.05, 4.69) is 10.3 Å². The highest BCUT2D eigenvalue weighted by Gasteiger charge is 2.13. The third-order valence-corrected chi connectivity index (χ3v) is 4.14. The van der Waals surface area contributed by atoms with Gasteiger partial charge in [0.15, 0.2) is 0 Å². The third kappa shape index (κ3) is 2.93. The first-order chi connectivity index (χ1) is 11.9. The Kier molecular flexibility index (Phi) is 4.18. The Morgan fingerprint density at radius 3 is 2.68 bits per heavy atom. The van der Waals surface area contributed by atoms with Gasteiger partial charge >= 0.3 is 5.69 Å². The summed E-state index contributed by atoms with van der Waals surface area (Å²) >= 11 is 0. The van der Waals surface area contributed by atoms with Crippen molar-refractivity contribution >= 4 is 16.8 Å². The van der Waals surface area contributed by atoms with Gasteiger partial charge in [-0.25, -0.2) is 4.79 Å². The topological polar surface area (TPSA) is 98.1 Å². The fourth-order valence-corrected chi connectivity index (χ4v) is 2.64. The molecule has 0 unspecified atom stereocenters. The molecule has 25 heavy (non-hydrogen) atoms. The van der Waals surface area contributed by atoms with Crippen molar-refractivity contribution in [1.29, 1.82) is 0 Å². The first-order valence-electron chi connectivity index (χ1n) is 7.62. The predicted molar refractivity (Wildman–Crippen MR) is 92.9 cm³/mol. The van der Waals surface area contributed by atoms with Crippen LogP contribution < -0.4 is 21.3 Å². The minimum absolute atomic E-state index is 0.0627. The number of methoxy groups -OCH3 is 1. The summed E-state index contributed by atoms with van der Waals surface area (Å²) in [5.74, 6) is 0.327. The zero-order chi connectivity index (χ0) is 18.1. The van der Waals surface area contributed by atoms with Gasteiger partial charge in [0.1, 0.15) is 11.4 Å². The average Bonchev–Trinajstić information content (AvgIpc) is 3.05. The predicted octanol–water partition coefficient (Wildman–Crippen LogP) is 0.504. The standard InChI is InChI=1S/C17H18N4O4/c1-20-10(7-15(22)21(2)17(20)24)9-18-16(23)13-8-11-12(19-13)5-4-6-14(11)25-3/h4-8,19H,9H2,1-3H3,(H,18,23). The molecule has 3 rings (SSSR count). The number of nitrogens with one attached hydrogen (secondary N) is 2. The second kappa shape index (κ2) is 6.31. The maximum Gasteiger partial charge on any atom is 0.330 e. The number of ether oxygens (including phenoxy) is 1. The molecule has 8 heteroatoms. The molecule has 1 aromatic carbocycles. The van der Waals surface area contributed by atoms with Gasteiger partial charge in [-0.05, 0) is 18.2 Å². The Balaban J connectivity index is 1.84. The molecule has 0 saturated heterocycles. The lowest BCUT2D eigenvalue weighted by atomic mass is 10.2. The molecule has 3 aromatic rings. The van der Waals surface area contributed by atoms with Crippen LogP contribution in [-0.4, -0.2) is 27.1 Å². The van der Waals surface area contributed by atoms with Crippen LogP contribution in [0, 0.1) is 0 Å². The molecule has 0 saturated carbocycles. The lowest BCUT2D eigenvalue weighted by Crippen LogP contribution is -2.39. The van der Waals surface area contributed by atoms with Crippen LogP contribution in [0.5, 0.6) is 5.75 Å². The van der Waals surface area contributed by atoms with Crippen molar-refractivity contribution in [3.8, 4) is 5.75 Å². The monoisotopic (exact) mass is 342 g/mol. The van der Waals surface area contributed by atoms with Gasteiger partial charge in [-0.3, -0.25) is 18.7 Å². The Bertz CT molecular complexity index is 1070. The van der Waals surface area contributed by atoms with Crippen LogP contribution in [0.1, 0.15) is 16.2 Å². The van der Waals surface area contributed by atoms with Gasteiger partial charge in [0.05, 0.1) is 13.7 Å². The number of carbonyl (C=O) groups is 1. The Hall–Kier alpha value is -3.29. The molecular weight excluding hydrogens is 324 g/mol. The van der Waals surface area contributed by atoms with E-state index in [4.69, 9.17) is 4.74 Å². The summed E-state index contributed by atoms with van der Waals surface area (Å²) < 4.78 is 7.61. The zero-order valence-electron chi connectivity index (χ0n) is 14.1. The van der Waals surface area contributed by atoms with Crippen LogP contribution in [0.3, 0.4) is 0 Å². The van der Waals surface area contributed by atoms with Gasteiger partial charge in [0.2, 0.25) is 0 Å². The van der Waals surface area contributed by atoms with Crippen molar-refractivity contribution in [2.24, 2.45) is 14.1 Å². The van der Waals surface area contributed by atoms with Crippen molar-refractivity contribution in [1.82, 2.24) is 19.4 Å². The summed E-state index contributed by atoms with van der Waals surface area (Å²) in [4.78, 5) is 39.0. The number of aromatic amines is 1. The summed E-state index contributed by atoms with van der Waals surface area (Å²) in [6.07, 6.45) is 0. The van der Waals surface area contributed by atoms with E-state index >= 15 is 0 Å². The number of aromatic nitrogens is 3. The van der Waals surface area contributed by atoms with Crippen molar-refractivity contribution < 1.29 is 9.53 Å². The number of rotatable bonds is 4. The van der Waals surface area contributed by atoms with E-state index < -0.39 is 11.2 Å². The lowest BCUT2D eigenvalue weighted by molar-refractivity contribution is 0.0946. The molecule has 2 aromatic heterocycles. The van der Waals surface area contributed by atoms with E-state index in [1.807, 2.05) is 18.2 Å². The largest absolute Gasteiger partial charge is 0.496 e. The summed E-state index contributed by atoms with van der Waals surface area (Å²) in [6.45, 7) is 0.0627. The molecule has 0 radical (unpaired) electrons. The van der Waals surface area contributed by atoms with Crippen molar-refractivity contribution in [2.45, 2.75) is 6.54 Å². The van der Waals surface area contributed by atoms with E-state index in [1.54, 1.807) is 20.2 Å². The molecule has 130 valence electrons. The second-order valence-corrected chi connectivity index (χ2v) is 5.66. The van der Waals surface area contributed by atoms with Crippen molar-refractivity contribution in [2.75, 3.05) is 7.11 Å². The van der Waals surface area contributed by atoms with Gasteiger partial charge in [-0.1, -0.05) is 6.07 Å². The molecule has 0 fully saturated rings. The summed E-state index contributed by atoms with van der Waals surface area (Å²) in [5, 5.41) is 3.51. The third-order valence-electron chi connectivity index (χ3n) is 4.14. The van der Waals surface area contributed by atoms with Crippen LogP contribution in [0.15, 0.2) is 39.9 Å². The molecule has 1 amide bonds. The molecule has 0 atom stereocenters. The number of H-pyrrole nitrogens is 1. The van der Waals surface area contributed by atoms with Gasteiger partial charge in [0, 0.05) is 36.8 Å². The van der Waals surface area contributed by atoms with Crippen LogP contribution in [0.2, 0.25) is 0 Å². The van der Waals surface area contributed by atoms with E-state index in [9.17, 15) is 14.4 Å². The highest BCUT2D eigenvalue weighted by molar-refractivity contribution is 5.99. The van der Waals surface area contributed by atoms with E-state index in [1.165, 1.54) is 17.7 Å². The minimum Gasteiger partial charge on any atom is -0.496 e. The Morgan fingerprint density at radius 2 is 1.96 bits per heavy atom. The van der Waals surface area contributed by atoms with E-state index in [0.29, 0.717) is 17.1 Å². The van der Waals surface area contributed by atoms with Crippen LogP contribution in [0.25, 0.3) is 10.9 Å². The number of hydrogen-bond acceptors (Lipinski definition) is 4. The zero-order valence-corrected chi connectivity index (χ0v) is 14.1. The Morgan fingerprint density at radius 1 is 1.20 bits per heavy atom. The fourth-order valence-electron chi connectivity index (χ4n) is 2.64. The normalized spacial score (nSPS) is 10.8. The van der Waals surface area contributed by atoms with E-state index in [-0.39, 0.29) is 12.5 Å². The minimum atomic E-state index is -0.438. The first kappa shape index (κ1) is 16.6. The molecular formula is C17H18N4O4. The molecule has 2 heterocycles. The SMILES string of the molecule is COc1cccc2[nH]c(C(=O)NCc3cc(=O)n(C)c(=O)n3C)cc12. The van der Waals surface area contributed by atoms with Crippen LogP contribution in [-0.2, 0) is 20.6 Å². The number of benzene rings is 1. The summed E-state index contributed by atoms with van der Waals surface area (Å²) in [6, 6.07) is 8.52. The Labute approximate surface area is 142 Å². The number of nitrogens with zero attached hydrogens (tertiary/aromatic N) is 2. The maximum atomic E-state index is 12.4. The second-order valence-electron chi connectivity index (χ2n) is 5.66. The lowest BCUT2D eigenvalue weighted by Gasteiger charge is -2.10. The molecule has 0 aliphatic carbocycles. The quantitative estimate of drug-likeness (QED) is 0.721. The van der Waals surface area contributed by atoms with Crippen LogP contribution >= 0.6 is 0 Å². The molecule has 0 aliphatic heterocycles. The maximum absolute atomic E-state index is 12.4. The molecule has 2 N–H and O–H groups in total. The molecule has 0 aliphatic rings. The fraction of sp³-hybridized carbons (Fsp3) is 0.235. The van der Waals surface area contributed by atoms with E-state index in [0.717, 1.165) is 15.5 Å². The highest BCUT2D eigenvalue weighted by atomic mass is 16.5. The average molecular weight is 342 g/mol. The van der Waals surface area contributed by atoms with Gasteiger partial charge < -0.3 is 15.0 Å². The van der Waals surface area contributed by atoms with Gasteiger partial charge in [-0.15, -0.1) is 0 Å². The molecule has 8 nitrogen and oxygen atoms in total. The number of hydrogen-bond donors (Lipinski definition) is 2. The van der Waals surface area contributed by atoms with Crippen molar-refractivity contribution in [3.63, 3.8) is 0 Å².